The number of nitrogens with one attached hydrogen (secondary N) is 1. The minimum absolute atomic E-state index is 0.0995. The van der Waals surface area contributed by atoms with Crippen LogP contribution in [0.1, 0.15) is 39.0 Å². The van der Waals surface area contributed by atoms with Gasteiger partial charge in [-0.2, -0.15) is 0 Å². The van der Waals surface area contributed by atoms with E-state index in [2.05, 4.69) is 22.3 Å². The number of nitrogens with zero attached hydrogens (tertiary/aromatic N) is 1. The van der Waals surface area contributed by atoms with Crippen molar-refractivity contribution in [1.29, 1.82) is 0 Å². The van der Waals surface area contributed by atoms with Crippen LogP contribution in [0.3, 0.4) is 0 Å². The van der Waals surface area contributed by atoms with Gasteiger partial charge in [0.05, 0.1) is 6.04 Å². The van der Waals surface area contributed by atoms with Crippen molar-refractivity contribution in [3.8, 4) is 0 Å². The second-order valence-corrected chi connectivity index (χ2v) is 5.48. The van der Waals surface area contributed by atoms with E-state index in [1.807, 2.05) is 19.1 Å². The monoisotopic (exact) mass is 275 g/mol. The van der Waals surface area contributed by atoms with Crippen molar-refractivity contribution in [3.05, 3.63) is 24.3 Å². The molecule has 0 aliphatic carbocycles. The third-order valence-electron chi connectivity index (χ3n) is 3.79. The molecule has 20 heavy (non-hydrogen) atoms. The van der Waals surface area contributed by atoms with Gasteiger partial charge in [0.25, 0.3) is 0 Å². The van der Waals surface area contributed by atoms with Crippen molar-refractivity contribution in [2.24, 2.45) is 5.73 Å². The van der Waals surface area contributed by atoms with Gasteiger partial charge in [0, 0.05) is 24.5 Å². The van der Waals surface area contributed by atoms with Crippen molar-refractivity contribution in [1.82, 2.24) is 0 Å². The Labute approximate surface area is 121 Å². The maximum absolute atomic E-state index is 11.8. The Hall–Kier alpha value is -1.55. The molecule has 0 spiro atoms. The summed E-state index contributed by atoms with van der Waals surface area (Å²) >= 11 is 0. The maximum Gasteiger partial charge on any atom is 0.241 e. The molecule has 1 fully saturated rings. The molecule has 1 aliphatic rings. The molecule has 0 radical (unpaired) electrons. The fraction of sp³-hybridized carbons (Fsp3) is 0.562. The minimum Gasteiger partial charge on any atom is -0.372 e. The first-order valence-electron chi connectivity index (χ1n) is 7.62. The van der Waals surface area contributed by atoms with E-state index in [0.717, 1.165) is 31.6 Å². The standard InChI is InChI=1S/C16H25N3O/c1-2-6-15(17)16(20)18-13-7-9-14(10-8-13)19-11-4-3-5-12-19/h7-10,15H,2-6,11-12,17H2,1H3,(H,18,20)/t15-/m1/s1. The SMILES string of the molecule is CCC[C@@H](N)C(=O)Nc1ccc(N2CCCCC2)cc1. The Morgan fingerprint density at radius 1 is 1.25 bits per heavy atom. The van der Waals surface area contributed by atoms with Crippen LogP contribution in [0.25, 0.3) is 0 Å². The van der Waals surface area contributed by atoms with Crippen LogP contribution in [0.15, 0.2) is 24.3 Å². The number of hydrogen-bond acceptors (Lipinski definition) is 3. The summed E-state index contributed by atoms with van der Waals surface area (Å²) in [6.45, 7) is 4.29. The van der Waals surface area contributed by atoms with Crippen LogP contribution in [0.2, 0.25) is 0 Å². The van der Waals surface area contributed by atoms with Gasteiger partial charge in [-0.15, -0.1) is 0 Å². The molecule has 2 rings (SSSR count). The van der Waals surface area contributed by atoms with Crippen LogP contribution in [0.5, 0.6) is 0 Å². The van der Waals surface area contributed by atoms with Crippen molar-refractivity contribution in [2.45, 2.75) is 45.1 Å². The zero-order valence-corrected chi connectivity index (χ0v) is 12.3. The van der Waals surface area contributed by atoms with E-state index in [1.54, 1.807) is 0 Å². The predicted molar refractivity (Wildman–Crippen MR) is 84.0 cm³/mol. The summed E-state index contributed by atoms with van der Waals surface area (Å²) in [5.74, 6) is -0.0995. The molecule has 110 valence electrons. The zero-order chi connectivity index (χ0) is 14.4. The van der Waals surface area contributed by atoms with Crippen molar-refractivity contribution >= 4 is 17.3 Å². The van der Waals surface area contributed by atoms with E-state index in [-0.39, 0.29) is 5.91 Å². The number of carbonyl (C=O) groups is 1. The molecule has 1 atom stereocenters. The molecular formula is C16H25N3O. The van der Waals surface area contributed by atoms with Gasteiger partial charge in [0.2, 0.25) is 5.91 Å². The van der Waals surface area contributed by atoms with Gasteiger partial charge >= 0.3 is 0 Å². The molecule has 4 nitrogen and oxygen atoms in total. The molecule has 3 N–H and O–H groups in total. The Balaban J connectivity index is 1.92. The van der Waals surface area contributed by atoms with Crippen molar-refractivity contribution < 1.29 is 4.79 Å². The van der Waals surface area contributed by atoms with E-state index in [9.17, 15) is 4.79 Å². The number of benzene rings is 1. The lowest BCUT2D eigenvalue weighted by Crippen LogP contribution is -2.35. The van der Waals surface area contributed by atoms with E-state index < -0.39 is 6.04 Å². The Morgan fingerprint density at radius 3 is 2.50 bits per heavy atom. The van der Waals surface area contributed by atoms with Crippen LogP contribution in [0, 0.1) is 0 Å². The first kappa shape index (κ1) is 14.9. The molecule has 1 saturated heterocycles. The van der Waals surface area contributed by atoms with Crippen molar-refractivity contribution in [2.75, 3.05) is 23.3 Å². The average Bonchev–Trinajstić information content (AvgIpc) is 2.49. The lowest BCUT2D eigenvalue weighted by molar-refractivity contribution is -0.117. The Bertz CT molecular complexity index is 424. The number of carbonyl (C=O) groups excluding carboxylic acids is 1. The maximum atomic E-state index is 11.8. The molecular weight excluding hydrogens is 250 g/mol. The molecule has 0 unspecified atom stereocenters. The van der Waals surface area contributed by atoms with Crippen LogP contribution in [0.4, 0.5) is 11.4 Å². The fourth-order valence-corrected chi connectivity index (χ4v) is 2.58. The molecule has 1 aromatic rings. The highest BCUT2D eigenvalue weighted by molar-refractivity contribution is 5.94. The number of piperidine rings is 1. The van der Waals surface area contributed by atoms with E-state index in [1.165, 1.54) is 24.9 Å². The Kier molecular flexibility index (Phi) is 5.41. The van der Waals surface area contributed by atoms with Gasteiger partial charge in [-0.05, 0) is 49.9 Å². The summed E-state index contributed by atoms with van der Waals surface area (Å²) < 4.78 is 0. The van der Waals surface area contributed by atoms with Gasteiger partial charge in [0.1, 0.15) is 0 Å². The quantitative estimate of drug-likeness (QED) is 0.868. The minimum atomic E-state index is -0.415. The smallest absolute Gasteiger partial charge is 0.241 e. The van der Waals surface area contributed by atoms with Crippen LogP contribution >= 0.6 is 0 Å². The summed E-state index contributed by atoms with van der Waals surface area (Å²) in [5, 5.41) is 2.87. The van der Waals surface area contributed by atoms with Crippen LogP contribution in [-0.4, -0.2) is 25.0 Å². The molecule has 0 saturated carbocycles. The van der Waals surface area contributed by atoms with Gasteiger partial charge in [-0.25, -0.2) is 0 Å². The number of anilines is 2. The molecule has 1 amide bonds. The fourth-order valence-electron chi connectivity index (χ4n) is 2.58. The summed E-state index contributed by atoms with van der Waals surface area (Å²) in [6, 6.07) is 7.65. The number of hydrogen-bond donors (Lipinski definition) is 2. The number of rotatable bonds is 5. The first-order valence-corrected chi connectivity index (χ1v) is 7.62. The highest BCUT2D eigenvalue weighted by Gasteiger charge is 2.13. The number of amides is 1. The predicted octanol–water partition coefficient (Wildman–Crippen LogP) is 2.74. The lowest BCUT2D eigenvalue weighted by atomic mass is 10.1. The van der Waals surface area contributed by atoms with Gasteiger partial charge in [-0.3, -0.25) is 4.79 Å². The number of nitrogens with two attached hydrogens (primary N) is 1. The normalized spacial score (nSPS) is 16.8. The third-order valence-corrected chi connectivity index (χ3v) is 3.79. The van der Waals surface area contributed by atoms with Gasteiger partial charge < -0.3 is 16.0 Å². The van der Waals surface area contributed by atoms with E-state index in [0.29, 0.717) is 0 Å². The molecule has 0 bridgehead atoms. The van der Waals surface area contributed by atoms with E-state index in [4.69, 9.17) is 5.73 Å². The Morgan fingerprint density at radius 2 is 1.90 bits per heavy atom. The van der Waals surface area contributed by atoms with Gasteiger partial charge in [-0.1, -0.05) is 13.3 Å². The summed E-state index contributed by atoms with van der Waals surface area (Å²) in [6.07, 6.45) is 5.51. The third kappa shape index (κ3) is 3.97. The summed E-state index contributed by atoms with van der Waals surface area (Å²) in [4.78, 5) is 14.2. The zero-order valence-electron chi connectivity index (χ0n) is 12.3. The lowest BCUT2D eigenvalue weighted by Gasteiger charge is -2.28. The highest BCUT2D eigenvalue weighted by atomic mass is 16.2. The second-order valence-electron chi connectivity index (χ2n) is 5.48. The molecule has 0 aromatic heterocycles. The summed E-state index contributed by atoms with van der Waals surface area (Å²) in [7, 11) is 0. The van der Waals surface area contributed by atoms with Crippen LogP contribution < -0.4 is 16.0 Å². The topological polar surface area (TPSA) is 58.4 Å². The van der Waals surface area contributed by atoms with Crippen molar-refractivity contribution in [3.63, 3.8) is 0 Å². The highest BCUT2D eigenvalue weighted by Crippen LogP contribution is 2.21. The van der Waals surface area contributed by atoms with Gasteiger partial charge in [0.15, 0.2) is 0 Å². The average molecular weight is 275 g/mol. The van der Waals surface area contributed by atoms with Crippen LogP contribution in [-0.2, 0) is 4.79 Å². The molecule has 1 aromatic carbocycles. The molecule has 4 heteroatoms. The molecule has 1 heterocycles. The summed E-state index contributed by atoms with van der Waals surface area (Å²) in [5.41, 5.74) is 7.86. The largest absolute Gasteiger partial charge is 0.372 e. The molecule has 1 aliphatic heterocycles. The second kappa shape index (κ2) is 7.29. The van der Waals surface area contributed by atoms with E-state index >= 15 is 0 Å². The first-order chi connectivity index (χ1) is 9.70.